The van der Waals surface area contributed by atoms with E-state index in [1.807, 2.05) is 12.1 Å². The zero-order valence-corrected chi connectivity index (χ0v) is 10.5. The second-order valence-corrected chi connectivity index (χ2v) is 4.31. The molecule has 0 fully saturated rings. The first kappa shape index (κ1) is 12.9. The van der Waals surface area contributed by atoms with Gasteiger partial charge in [0.05, 0.1) is 19.3 Å². The molecule has 1 aromatic carbocycles. The summed E-state index contributed by atoms with van der Waals surface area (Å²) in [5.74, 6) is 0. The van der Waals surface area contributed by atoms with Crippen molar-refractivity contribution >= 4 is 27.5 Å². The van der Waals surface area contributed by atoms with Crippen molar-refractivity contribution < 1.29 is 9.84 Å². The lowest BCUT2D eigenvalue weighted by Crippen LogP contribution is -2.18. The van der Waals surface area contributed by atoms with Gasteiger partial charge in [0.1, 0.15) is 0 Å². The van der Waals surface area contributed by atoms with Crippen molar-refractivity contribution in [3.05, 3.63) is 33.3 Å². The Kier molecular flexibility index (Phi) is 5.56. The second kappa shape index (κ2) is 6.45. The number of hydrogen-bond acceptors (Lipinski definition) is 3. The Labute approximate surface area is 102 Å². The number of rotatable bonds is 5. The van der Waals surface area contributed by atoms with E-state index in [1.54, 1.807) is 6.07 Å². The summed E-state index contributed by atoms with van der Waals surface area (Å²) < 4.78 is 6.31. The van der Waals surface area contributed by atoms with E-state index in [9.17, 15) is 0 Å². The van der Waals surface area contributed by atoms with Crippen LogP contribution >= 0.6 is 27.5 Å². The van der Waals surface area contributed by atoms with Crippen molar-refractivity contribution in [3.63, 3.8) is 0 Å². The van der Waals surface area contributed by atoms with Crippen LogP contribution in [0.15, 0.2) is 22.7 Å². The Morgan fingerprint density at radius 2 is 2.27 bits per heavy atom. The maximum absolute atomic E-state index is 8.67. The SMILES string of the molecule is NCC(OCCO)c1cc(Br)ccc1Cl. The predicted octanol–water partition coefficient (Wildman–Crippen LogP) is 2.11. The first-order valence-corrected chi connectivity index (χ1v) is 5.73. The maximum atomic E-state index is 8.67. The zero-order valence-electron chi connectivity index (χ0n) is 8.12. The first-order valence-electron chi connectivity index (χ1n) is 4.56. The molecule has 0 radical (unpaired) electrons. The maximum Gasteiger partial charge on any atom is 0.0962 e. The molecule has 0 aliphatic carbocycles. The van der Waals surface area contributed by atoms with Crippen LogP contribution in [0.4, 0.5) is 0 Å². The molecule has 5 heteroatoms. The molecule has 84 valence electrons. The Morgan fingerprint density at radius 1 is 1.53 bits per heavy atom. The van der Waals surface area contributed by atoms with Gasteiger partial charge in [-0.05, 0) is 18.2 Å². The van der Waals surface area contributed by atoms with Crippen molar-refractivity contribution in [2.75, 3.05) is 19.8 Å². The fraction of sp³-hybridized carbons (Fsp3) is 0.400. The van der Waals surface area contributed by atoms with Crippen LogP contribution in [0.1, 0.15) is 11.7 Å². The van der Waals surface area contributed by atoms with E-state index in [0.29, 0.717) is 11.6 Å². The lowest BCUT2D eigenvalue weighted by Gasteiger charge is -2.17. The summed E-state index contributed by atoms with van der Waals surface area (Å²) in [7, 11) is 0. The van der Waals surface area contributed by atoms with E-state index in [0.717, 1.165) is 10.0 Å². The Morgan fingerprint density at radius 3 is 2.87 bits per heavy atom. The summed E-state index contributed by atoms with van der Waals surface area (Å²) in [6.45, 7) is 0.559. The number of hydrogen-bond donors (Lipinski definition) is 2. The third kappa shape index (κ3) is 3.74. The van der Waals surface area contributed by atoms with Gasteiger partial charge in [0.15, 0.2) is 0 Å². The molecule has 0 aromatic heterocycles. The summed E-state index contributed by atoms with van der Waals surface area (Å²) in [5.41, 5.74) is 6.42. The van der Waals surface area contributed by atoms with Gasteiger partial charge in [-0.2, -0.15) is 0 Å². The van der Waals surface area contributed by atoms with Crippen molar-refractivity contribution in [2.45, 2.75) is 6.10 Å². The molecule has 0 spiro atoms. The van der Waals surface area contributed by atoms with Crippen LogP contribution in [0, 0.1) is 0 Å². The van der Waals surface area contributed by atoms with Gasteiger partial charge >= 0.3 is 0 Å². The molecule has 0 heterocycles. The van der Waals surface area contributed by atoms with Crippen LogP contribution in [0.5, 0.6) is 0 Å². The minimum atomic E-state index is -0.276. The molecule has 1 atom stereocenters. The molecule has 0 saturated carbocycles. The van der Waals surface area contributed by atoms with Gasteiger partial charge in [-0.1, -0.05) is 27.5 Å². The van der Waals surface area contributed by atoms with E-state index in [2.05, 4.69) is 15.9 Å². The van der Waals surface area contributed by atoms with Crippen LogP contribution < -0.4 is 5.73 Å². The van der Waals surface area contributed by atoms with Crippen LogP contribution in [0.25, 0.3) is 0 Å². The molecule has 3 nitrogen and oxygen atoms in total. The average molecular weight is 295 g/mol. The van der Waals surface area contributed by atoms with E-state index < -0.39 is 0 Å². The van der Waals surface area contributed by atoms with E-state index in [1.165, 1.54) is 0 Å². The fourth-order valence-electron chi connectivity index (χ4n) is 1.24. The topological polar surface area (TPSA) is 55.5 Å². The lowest BCUT2D eigenvalue weighted by molar-refractivity contribution is 0.0329. The third-order valence-corrected chi connectivity index (χ3v) is 2.77. The van der Waals surface area contributed by atoms with Crippen LogP contribution in [0.3, 0.4) is 0 Å². The van der Waals surface area contributed by atoms with Crippen LogP contribution in [0.2, 0.25) is 5.02 Å². The highest BCUT2D eigenvalue weighted by molar-refractivity contribution is 9.10. The molecule has 3 N–H and O–H groups in total. The number of ether oxygens (including phenoxy) is 1. The smallest absolute Gasteiger partial charge is 0.0962 e. The quantitative estimate of drug-likeness (QED) is 0.874. The highest BCUT2D eigenvalue weighted by Crippen LogP contribution is 2.28. The van der Waals surface area contributed by atoms with Gasteiger partial charge in [-0.25, -0.2) is 0 Å². The molecule has 1 rings (SSSR count). The third-order valence-electron chi connectivity index (χ3n) is 1.93. The molecule has 0 bridgehead atoms. The fourth-order valence-corrected chi connectivity index (χ4v) is 1.86. The number of nitrogens with two attached hydrogens (primary N) is 1. The number of benzene rings is 1. The van der Waals surface area contributed by atoms with Gasteiger partial charge in [-0.3, -0.25) is 0 Å². The Hall–Kier alpha value is -0.130. The highest BCUT2D eigenvalue weighted by Gasteiger charge is 2.13. The lowest BCUT2D eigenvalue weighted by atomic mass is 10.1. The molecule has 1 aromatic rings. The molecule has 0 amide bonds. The van der Waals surface area contributed by atoms with Crippen molar-refractivity contribution in [3.8, 4) is 0 Å². The molecule has 15 heavy (non-hydrogen) atoms. The van der Waals surface area contributed by atoms with Crippen molar-refractivity contribution in [1.29, 1.82) is 0 Å². The highest BCUT2D eigenvalue weighted by atomic mass is 79.9. The molecule has 0 aliphatic heterocycles. The standard InChI is InChI=1S/C10H13BrClNO2/c11-7-1-2-9(12)8(5-7)10(6-13)15-4-3-14/h1-2,5,10,14H,3-4,6,13H2. The molecule has 0 saturated heterocycles. The summed E-state index contributed by atoms with van der Waals surface area (Å²) in [5, 5.41) is 9.29. The van der Waals surface area contributed by atoms with Crippen molar-refractivity contribution in [1.82, 2.24) is 0 Å². The normalized spacial score (nSPS) is 12.8. The molecule has 1 unspecified atom stereocenters. The molecule has 0 aliphatic rings. The number of aliphatic hydroxyl groups is 1. The Bertz CT molecular complexity index is 322. The predicted molar refractivity (Wildman–Crippen MR) is 64.0 cm³/mol. The number of halogens is 2. The van der Waals surface area contributed by atoms with Gasteiger partial charge in [0.2, 0.25) is 0 Å². The summed E-state index contributed by atoms with van der Waals surface area (Å²) in [4.78, 5) is 0. The molecular formula is C10H13BrClNO2. The van der Waals surface area contributed by atoms with E-state index >= 15 is 0 Å². The molecular weight excluding hydrogens is 281 g/mol. The summed E-state index contributed by atoms with van der Waals surface area (Å²) in [6.07, 6.45) is -0.276. The van der Waals surface area contributed by atoms with Gasteiger partial charge in [0.25, 0.3) is 0 Å². The van der Waals surface area contributed by atoms with Crippen LogP contribution in [-0.4, -0.2) is 24.9 Å². The largest absolute Gasteiger partial charge is 0.394 e. The monoisotopic (exact) mass is 293 g/mol. The number of aliphatic hydroxyl groups excluding tert-OH is 1. The first-order chi connectivity index (χ1) is 7.19. The zero-order chi connectivity index (χ0) is 11.3. The van der Waals surface area contributed by atoms with Gasteiger partial charge < -0.3 is 15.6 Å². The average Bonchev–Trinajstić information content (AvgIpc) is 2.24. The van der Waals surface area contributed by atoms with Gasteiger partial charge in [-0.15, -0.1) is 0 Å². The van der Waals surface area contributed by atoms with Crippen molar-refractivity contribution in [2.24, 2.45) is 5.73 Å². The second-order valence-electron chi connectivity index (χ2n) is 2.98. The minimum Gasteiger partial charge on any atom is -0.394 e. The van der Waals surface area contributed by atoms with Gasteiger partial charge in [0, 0.05) is 21.6 Å². The van der Waals surface area contributed by atoms with E-state index in [4.69, 9.17) is 27.2 Å². The Balaban J connectivity index is 2.85. The summed E-state index contributed by atoms with van der Waals surface area (Å²) >= 11 is 9.39. The van der Waals surface area contributed by atoms with E-state index in [-0.39, 0.29) is 19.3 Å². The summed E-state index contributed by atoms with van der Waals surface area (Å²) in [6, 6.07) is 5.51. The minimum absolute atomic E-state index is 0.0257. The van der Waals surface area contributed by atoms with Crippen LogP contribution in [-0.2, 0) is 4.74 Å².